The SMILES string of the molecule is O=S(=O)([O-])[O-].O=S(=O)([O-])[O-].O=S(=O)([O-])[O-].[Al+3].[Al+3].[NaH].[NaH]. The van der Waals surface area contributed by atoms with Crippen molar-refractivity contribution < 1.29 is 52.6 Å². The Morgan fingerprint density at radius 2 is 0.421 bits per heavy atom. The molecule has 0 aromatic heterocycles. The molecule has 0 aromatic carbocycles. The van der Waals surface area contributed by atoms with Crippen LogP contribution in [0.3, 0.4) is 0 Å². The van der Waals surface area contributed by atoms with Gasteiger partial charge in [-0.2, -0.15) is 0 Å². The van der Waals surface area contributed by atoms with Gasteiger partial charge >= 0.3 is 93.8 Å². The zero-order chi connectivity index (χ0) is 13.5. The molecule has 0 heterocycles. The van der Waals surface area contributed by atoms with Gasteiger partial charge in [0.2, 0.25) is 0 Å². The molecule has 0 spiro atoms. The van der Waals surface area contributed by atoms with E-state index in [1.807, 2.05) is 0 Å². The third kappa shape index (κ3) is 1010. The molecule has 0 radical (unpaired) electrons. The van der Waals surface area contributed by atoms with Crippen LogP contribution in [0.15, 0.2) is 0 Å². The van der Waals surface area contributed by atoms with E-state index in [1.54, 1.807) is 0 Å². The Kier molecular flexibility index (Phi) is 42.4. The molecule has 0 aliphatic carbocycles. The van der Waals surface area contributed by atoms with Crippen LogP contribution in [0.2, 0.25) is 0 Å². The van der Waals surface area contributed by atoms with Crippen LogP contribution < -0.4 is 0 Å². The van der Waals surface area contributed by atoms with Crippen molar-refractivity contribution in [3.05, 3.63) is 0 Å². The summed E-state index contributed by atoms with van der Waals surface area (Å²) in [5.74, 6) is 0. The monoisotopic (exact) mass is 390 g/mol. The van der Waals surface area contributed by atoms with E-state index in [1.165, 1.54) is 0 Å². The van der Waals surface area contributed by atoms with Crippen LogP contribution in [0.4, 0.5) is 0 Å². The van der Waals surface area contributed by atoms with Crippen molar-refractivity contribution >= 4 is 125 Å². The molecule has 0 bridgehead atoms. The molecule has 0 N–H and O–H groups in total. The van der Waals surface area contributed by atoms with Gasteiger partial charge in [-0.05, 0) is 0 Å². The Morgan fingerprint density at radius 3 is 0.421 bits per heavy atom. The summed E-state index contributed by atoms with van der Waals surface area (Å²) in [6, 6.07) is 0. The van der Waals surface area contributed by atoms with Crippen molar-refractivity contribution in [2.75, 3.05) is 0 Å². The van der Waals surface area contributed by atoms with Crippen LogP contribution in [-0.4, -0.2) is 146 Å². The normalized spacial score (nSPS) is 9.16. The molecule has 19 heavy (non-hydrogen) atoms. The minimum absolute atomic E-state index is 0. The van der Waals surface area contributed by atoms with E-state index in [9.17, 15) is 0 Å². The Morgan fingerprint density at radius 1 is 0.421 bits per heavy atom. The van der Waals surface area contributed by atoms with Gasteiger partial charge in [0.05, 0.1) is 0 Å². The van der Waals surface area contributed by atoms with Gasteiger partial charge in [0.1, 0.15) is 0 Å². The van der Waals surface area contributed by atoms with Crippen molar-refractivity contribution in [2.45, 2.75) is 0 Å². The van der Waals surface area contributed by atoms with E-state index in [0.29, 0.717) is 0 Å². The molecule has 0 saturated heterocycles. The zero-order valence-corrected chi connectivity index (χ0v) is 12.0. The second-order valence-electron chi connectivity index (χ2n) is 1.22. The predicted octanol–water partition coefficient (Wildman–Crippen LogP) is -6.07. The fourth-order valence-corrected chi connectivity index (χ4v) is 0. The first-order valence-corrected chi connectivity index (χ1v) is 6.00. The molecule has 0 aliphatic heterocycles. The van der Waals surface area contributed by atoms with Crippen LogP contribution >= 0.6 is 0 Å². The summed E-state index contributed by atoms with van der Waals surface area (Å²) < 4.78 is 102. The molecule has 0 rings (SSSR count). The second-order valence-corrected chi connectivity index (χ2v) is 3.67. The summed E-state index contributed by atoms with van der Waals surface area (Å²) in [5.41, 5.74) is 0. The molecular formula is H2Al2Na2O12S3. The maximum absolute atomic E-state index is 8.52. The molecule has 0 fully saturated rings. The van der Waals surface area contributed by atoms with Crippen molar-refractivity contribution in [1.29, 1.82) is 0 Å². The van der Waals surface area contributed by atoms with E-state index in [2.05, 4.69) is 0 Å². The van der Waals surface area contributed by atoms with Crippen LogP contribution in [0.25, 0.3) is 0 Å². The summed E-state index contributed by atoms with van der Waals surface area (Å²) in [6.45, 7) is 0. The fourth-order valence-electron chi connectivity index (χ4n) is 0. The Hall–Kier alpha value is 2.67. The first-order chi connectivity index (χ1) is 6.00. The molecule has 0 saturated carbocycles. The van der Waals surface area contributed by atoms with Crippen molar-refractivity contribution in [3.8, 4) is 0 Å². The van der Waals surface area contributed by atoms with Gasteiger partial charge in [-0.25, -0.2) is 0 Å². The molecule has 19 heteroatoms. The molecule has 0 aliphatic rings. The van der Waals surface area contributed by atoms with Crippen molar-refractivity contribution in [2.24, 2.45) is 0 Å². The molecule has 12 nitrogen and oxygen atoms in total. The standard InChI is InChI=1S/2Al.2Na.3H2O4S.2H/c;;;;3*1-5(2,3)4;;/h;;;;3*(H2,1,2,3,4);;/q2*+3;;;;;;;/p-6. The third-order valence-corrected chi connectivity index (χ3v) is 0. The molecule has 0 unspecified atom stereocenters. The van der Waals surface area contributed by atoms with E-state index < -0.39 is 31.2 Å². The third-order valence-electron chi connectivity index (χ3n) is 0. The summed E-state index contributed by atoms with van der Waals surface area (Å²) in [6.07, 6.45) is 0. The van der Waals surface area contributed by atoms with Gasteiger partial charge in [-0.15, -0.1) is 0 Å². The van der Waals surface area contributed by atoms with E-state index in [0.717, 1.165) is 0 Å². The average molecular weight is 390 g/mol. The number of hydrogen-bond acceptors (Lipinski definition) is 12. The quantitative estimate of drug-likeness (QED) is 0.213. The number of hydrogen-bond donors (Lipinski definition) is 0. The van der Waals surface area contributed by atoms with Crippen LogP contribution in [0.1, 0.15) is 0 Å². The van der Waals surface area contributed by atoms with E-state index in [-0.39, 0.29) is 93.8 Å². The van der Waals surface area contributed by atoms with Gasteiger partial charge in [-0.3, -0.25) is 25.3 Å². The average Bonchev–Trinajstić information content (AvgIpc) is 1.41. The molecule has 100 valence electrons. The summed E-state index contributed by atoms with van der Waals surface area (Å²) in [4.78, 5) is 0. The summed E-state index contributed by atoms with van der Waals surface area (Å²) in [5, 5.41) is 0. The van der Waals surface area contributed by atoms with Gasteiger partial charge < -0.3 is 27.3 Å². The summed E-state index contributed by atoms with van der Waals surface area (Å²) in [7, 11) is -15.5. The van der Waals surface area contributed by atoms with Crippen molar-refractivity contribution in [3.63, 3.8) is 0 Å². The van der Waals surface area contributed by atoms with Crippen LogP contribution in [0, 0.1) is 0 Å². The Bertz CT molecular complexity index is 350. The molecule has 0 amide bonds. The van der Waals surface area contributed by atoms with Gasteiger partial charge in [0.25, 0.3) is 0 Å². The topological polar surface area (TPSA) is 241 Å². The van der Waals surface area contributed by atoms with E-state index >= 15 is 0 Å². The van der Waals surface area contributed by atoms with Crippen LogP contribution in [0.5, 0.6) is 0 Å². The summed E-state index contributed by atoms with van der Waals surface area (Å²) >= 11 is 0. The van der Waals surface area contributed by atoms with Crippen molar-refractivity contribution in [1.82, 2.24) is 0 Å². The maximum atomic E-state index is 8.52. The second kappa shape index (κ2) is 18.7. The van der Waals surface area contributed by atoms with Crippen LogP contribution in [-0.2, 0) is 31.2 Å². The predicted molar refractivity (Wildman–Crippen MR) is 57.2 cm³/mol. The molecular weight excluding hydrogens is 388 g/mol. The van der Waals surface area contributed by atoms with E-state index in [4.69, 9.17) is 52.6 Å². The van der Waals surface area contributed by atoms with Gasteiger partial charge in [-0.1, -0.05) is 0 Å². The van der Waals surface area contributed by atoms with Gasteiger partial charge in [0, 0.05) is 31.2 Å². The first kappa shape index (κ1) is 43.0. The Labute approximate surface area is 175 Å². The fraction of sp³-hybridized carbons (Fsp3) is 0. The zero-order valence-electron chi connectivity index (χ0n) is 7.28. The number of rotatable bonds is 0. The van der Waals surface area contributed by atoms with Gasteiger partial charge in [0.15, 0.2) is 0 Å². The minimum atomic E-state index is -5.17. The Balaban J connectivity index is -0.0000000206. The first-order valence-electron chi connectivity index (χ1n) is 2.00. The molecule has 0 aromatic rings. The molecule has 0 atom stereocenters.